The van der Waals surface area contributed by atoms with Gasteiger partial charge in [0.05, 0.1) is 0 Å². The van der Waals surface area contributed by atoms with Crippen molar-refractivity contribution >= 4 is 11.9 Å². The van der Waals surface area contributed by atoms with E-state index in [0.29, 0.717) is 13.0 Å². The maximum Gasteiger partial charge on any atom is 0.414 e. The highest BCUT2D eigenvalue weighted by Crippen LogP contribution is 2.17. The molecule has 4 heteroatoms. The molecule has 0 saturated carbocycles. The van der Waals surface area contributed by atoms with Gasteiger partial charge in [0.2, 0.25) is 0 Å². The second-order valence-electron chi connectivity index (χ2n) is 5.02. The largest absolute Gasteiger partial charge is 0.443 e. The van der Waals surface area contributed by atoms with Gasteiger partial charge in [0.15, 0.2) is 0 Å². The first-order valence-electron chi connectivity index (χ1n) is 6.48. The molecule has 0 spiro atoms. The molecule has 0 aromatic carbocycles. The Hall–Kier alpha value is -1.32. The molecule has 4 nitrogen and oxygen atoms in total. The summed E-state index contributed by atoms with van der Waals surface area (Å²) in [6.07, 6.45) is 3.72. The average molecular weight is 255 g/mol. The van der Waals surface area contributed by atoms with Gasteiger partial charge in [-0.1, -0.05) is 19.9 Å². The van der Waals surface area contributed by atoms with E-state index >= 15 is 0 Å². The van der Waals surface area contributed by atoms with Crippen molar-refractivity contribution in [3.63, 3.8) is 0 Å². The highest BCUT2D eigenvalue weighted by Gasteiger charge is 2.24. The smallest absolute Gasteiger partial charge is 0.414 e. The van der Waals surface area contributed by atoms with Gasteiger partial charge in [-0.05, 0) is 34.1 Å². The number of hydrogen-bond donors (Lipinski definition) is 0. The Morgan fingerprint density at radius 1 is 1.28 bits per heavy atom. The molecule has 0 fully saturated rings. The molecule has 0 saturated heterocycles. The molecule has 18 heavy (non-hydrogen) atoms. The summed E-state index contributed by atoms with van der Waals surface area (Å²) in [5.74, 6) is 0.0822. The second-order valence-corrected chi connectivity index (χ2v) is 5.02. The summed E-state index contributed by atoms with van der Waals surface area (Å²) in [5, 5.41) is 0. The maximum atomic E-state index is 11.7. The summed E-state index contributed by atoms with van der Waals surface area (Å²) in [7, 11) is 0. The molecule has 1 atom stereocenters. The fourth-order valence-corrected chi connectivity index (χ4v) is 1.47. The molecule has 104 valence electrons. The van der Waals surface area contributed by atoms with Crippen LogP contribution >= 0.6 is 0 Å². The molecule has 1 rings (SSSR count). The summed E-state index contributed by atoms with van der Waals surface area (Å²) in [6.45, 7) is 11.6. The molecule has 1 unspecified atom stereocenters. The Balaban J connectivity index is 0.00000137. The summed E-state index contributed by atoms with van der Waals surface area (Å²) in [4.78, 5) is 24.3. The van der Waals surface area contributed by atoms with E-state index in [1.54, 1.807) is 19.2 Å². The van der Waals surface area contributed by atoms with E-state index < -0.39 is 5.60 Å². The first-order valence-corrected chi connectivity index (χ1v) is 6.48. The van der Waals surface area contributed by atoms with Gasteiger partial charge in [0.25, 0.3) is 0 Å². The van der Waals surface area contributed by atoms with Gasteiger partial charge in [0, 0.05) is 18.7 Å². The summed E-state index contributed by atoms with van der Waals surface area (Å²) >= 11 is 0. The van der Waals surface area contributed by atoms with E-state index in [1.807, 2.05) is 34.6 Å². The van der Waals surface area contributed by atoms with E-state index in [0.717, 1.165) is 0 Å². The monoisotopic (exact) mass is 255 g/mol. The minimum atomic E-state index is -0.484. The zero-order chi connectivity index (χ0) is 14.3. The molecule has 1 heterocycles. The number of amides is 1. The molecule has 1 aliphatic heterocycles. The number of Topliss-reactive ketones (excluding diaryl/α,β-unsaturated/α-hetero) is 1. The van der Waals surface area contributed by atoms with Crippen LogP contribution < -0.4 is 0 Å². The normalized spacial score (nSPS) is 18.8. The number of allylic oxidation sites excluding steroid dienone is 1. The second kappa shape index (κ2) is 7.19. The third-order valence-electron chi connectivity index (χ3n) is 2.33. The van der Waals surface area contributed by atoms with Crippen molar-refractivity contribution < 1.29 is 14.3 Å². The van der Waals surface area contributed by atoms with E-state index in [2.05, 4.69) is 0 Å². The molecule has 0 aromatic rings. The van der Waals surface area contributed by atoms with E-state index in [9.17, 15) is 9.59 Å². The number of ketones is 1. The van der Waals surface area contributed by atoms with Crippen LogP contribution in [0.25, 0.3) is 0 Å². The van der Waals surface area contributed by atoms with Crippen LogP contribution in [-0.2, 0) is 9.53 Å². The van der Waals surface area contributed by atoms with Crippen molar-refractivity contribution in [2.24, 2.45) is 5.92 Å². The van der Waals surface area contributed by atoms with E-state index in [4.69, 9.17) is 4.74 Å². The third-order valence-corrected chi connectivity index (χ3v) is 2.33. The standard InChI is InChI=1S/C12H19NO3.C2H6/c1-9(14)10-5-7-13(8-6-10)11(15)16-12(2,3)4;1-2/h5,7,10H,6,8H2,1-4H3;1-2H3. The lowest BCUT2D eigenvalue weighted by Gasteiger charge is -2.28. The zero-order valence-corrected chi connectivity index (χ0v) is 12.3. The van der Waals surface area contributed by atoms with Crippen molar-refractivity contribution in [1.82, 2.24) is 4.90 Å². The summed E-state index contributed by atoms with van der Waals surface area (Å²) in [5.41, 5.74) is -0.484. The quantitative estimate of drug-likeness (QED) is 0.721. The Morgan fingerprint density at radius 2 is 1.83 bits per heavy atom. The first kappa shape index (κ1) is 16.7. The van der Waals surface area contributed by atoms with Crippen LogP contribution in [0, 0.1) is 5.92 Å². The van der Waals surface area contributed by atoms with Crippen molar-refractivity contribution in [1.29, 1.82) is 0 Å². The minimum Gasteiger partial charge on any atom is -0.443 e. The molecule has 1 amide bonds. The maximum absolute atomic E-state index is 11.7. The lowest BCUT2D eigenvalue weighted by molar-refractivity contribution is -0.119. The van der Waals surface area contributed by atoms with Gasteiger partial charge in [-0.15, -0.1) is 0 Å². The number of carbonyl (C=O) groups is 2. The number of carbonyl (C=O) groups excluding carboxylic acids is 2. The SMILES string of the molecule is CC.CC(=O)C1C=CN(C(=O)OC(C)(C)C)CC1. The zero-order valence-electron chi connectivity index (χ0n) is 12.3. The van der Waals surface area contributed by atoms with Gasteiger partial charge in [-0.25, -0.2) is 4.79 Å². The van der Waals surface area contributed by atoms with E-state index in [1.165, 1.54) is 4.90 Å². The van der Waals surface area contributed by atoms with Crippen LogP contribution in [0.15, 0.2) is 12.3 Å². The molecule has 1 aliphatic rings. The topological polar surface area (TPSA) is 46.6 Å². The highest BCUT2D eigenvalue weighted by atomic mass is 16.6. The van der Waals surface area contributed by atoms with Gasteiger partial charge in [-0.3, -0.25) is 9.69 Å². The van der Waals surface area contributed by atoms with Gasteiger partial charge < -0.3 is 4.74 Å². The van der Waals surface area contributed by atoms with Crippen molar-refractivity contribution in [3.8, 4) is 0 Å². The third kappa shape index (κ3) is 5.84. The molecule has 0 aliphatic carbocycles. The predicted molar refractivity (Wildman–Crippen MR) is 72.2 cm³/mol. The fourth-order valence-electron chi connectivity index (χ4n) is 1.47. The highest BCUT2D eigenvalue weighted by molar-refractivity contribution is 5.80. The first-order chi connectivity index (χ1) is 8.29. The van der Waals surface area contributed by atoms with Gasteiger partial charge in [-0.2, -0.15) is 0 Å². The Kier molecular flexibility index (Phi) is 6.66. The Morgan fingerprint density at radius 3 is 2.17 bits per heavy atom. The summed E-state index contributed by atoms with van der Waals surface area (Å²) < 4.78 is 5.22. The van der Waals surface area contributed by atoms with Gasteiger partial charge >= 0.3 is 6.09 Å². The Bertz CT molecular complexity index is 315. The van der Waals surface area contributed by atoms with Crippen LogP contribution in [0.5, 0.6) is 0 Å². The molecule has 0 bridgehead atoms. The fraction of sp³-hybridized carbons (Fsp3) is 0.714. The van der Waals surface area contributed by atoms with Gasteiger partial charge in [0.1, 0.15) is 11.4 Å². The lowest BCUT2D eigenvalue weighted by Crippen LogP contribution is -2.36. The van der Waals surface area contributed by atoms with E-state index in [-0.39, 0.29) is 17.8 Å². The van der Waals surface area contributed by atoms with Crippen LogP contribution in [0.2, 0.25) is 0 Å². The van der Waals surface area contributed by atoms with Crippen LogP contribution in [-0.4, -0.2) is 28.9 Å². The molecule has 0 radical (unpaired) electrons. The average Bonchev–Trinajstić information content (AvgIpc) is 2.29. The van der Waals surface area contributed by atoms with Crippen molar-refractivity contribution in [2.45, 2.75) is 53.6 Å². The van der Waals surface area contributed by atoms with Crippen molar-refractivity contribution in [2.75, 3.05) is 6.54 Å². The summed E-state index contributed by atoms with van der Waals surface area (Å²) in [6, 6.07) is 0. The predicted octanol–water partition coefficient (Wildman–Crippen LogP) is 3.37. The number of hydrogen-bond acceptors (Lipinski definition) is 3. The van der Waals surface area contributed by atoms with Crippen molar-refractivity contribution in [3.05, 3.63) is 12.3 Å². The molecule has 0 aromatic heterocycles. The Labute approximate surface area is 110 Å². The molecular weight excluding hydrogens is 230 g/mol. The van der Waals surface area contributed by atoms with Crippen LogP contribution in [0.1, 0.15) is 48.0 Å². The number of rotatable bonds is 1. The number of nitrogens with zero attached hydrogens (tertiary/aromatic N) is 1. The number of ether oxygens (including phenoxy) is 1. The molecular formula is C14H25NO3. The molecule has 0 N–H and O–H groups in total. The van der Waals surface area contributed by atoms with Crippen LogP contribution in [0.4, 0.5) is 4.79 Å². The lowest BCUT2D eigenvalue weighted by atomic mass is 9.99. The minimum absolute atomic E-state index is 0.0568. The van der Waals surface area contributed by atoms with Crippen LogP contribution in [0.3, 0.4) is 0 Å².